The van der Waals surface area contributed by atoms with Gasteiger partial charge in [0.05, 0.1) is 23.0 Å². The van der Waals surface area contributed by atoms with Gasteiger partial charge in [-0.15, -0.1) is 0 Å². The molecule has 1 unspecified atom stereocenters. The van der Waals surface area contributed by atoms with Crippen molar-refractivity contribution in [2.24, 2.45) is 5.92 Å². The molecule has 0 amide bonds. The Morgan fingerprint density at radius 3 is 2.35 bits per heavy atom. The number of hydrogen-bond donors (Lipinski definition) is 2. The van der Waals surface area contributed by atoms with E-state index in [4.69, 9.17) is 5.73 Å². The lowest BCUT2D eigenvalue weighted by atomic mass is 9.92. The first-order valence-electron chi connectivity index (χ1n) is 6.69. The monoisotopic (exact) mass is 288 g/mol. The largest absolute Gasteiger partial charge is 0.416 e. The molecule has 1 aromatic rings. The van der Waals surface area contributed by atoms with Gasteiger partial charge in [0.1, 0.15) is 0 Å². The quantitative estimate of drug-likeness (QED) is 0.823. The number of nitrogens with two attached hydrogens (primary N) is 1. The van der Waals surface area contributed by atoms with Crippen molar-refractivity contribution in [1.82, 2.24) is 0 Å². The third kappa shape index (κ3) is 3.17. The standard InChI is InChI=1S/C14H19F3N2O/c1-9(20)10-4-6-19(7-5-10)13-3-2-11(8-12(13)18)14(15,16)17/h2-3,8-10,20H,4-7,18H2,1H3. The first kappa shape index (κ1) is 15.0. The Kier molecular flexibility index (Phi) is 4.13. The Morgan fingerprint density at radius 2 is 1.90 bits per heavy atom. The Bertz CT molecular complexity index is 466. The molecular formula is C14H19F3N2O. The van der Waals surface area contributed by atoms with Gasteiger partial charge in [-0.25, -0.2) is 0 Å². The van der Waals surface area contributed by atoms with E-state index in [-0.39, 0.29) is 17.7 Å². The van der Waals surface area contributed by atoms with Gasteiger partial charge in [0.2, 0.25) is 0 Å². The van der Waals surface area contributed by atoms with Crippen molar-refractivity contribution in [3.05, 3.63) is 23.8 Å². The summed E-state index contributed by atoms with van der Waals surface area (Å²) in [4.78, 5) is 1.98. The van der Waals surface area contributed by atoms with Crippen LogP contribution in [0.3, 0.4) is 0 Å². The maximum atomic E-state index is 12.6. The lowest BCUT2D eigenvalue weighted by Crippen LogP contribution is -2.37. The number of nitrogen functional groups attached to an aromatic ring is 1. The predicted molar refractivity (Wildman–Crippen MR) is 72.5 cm³/mol. The SMILES string of the molecule is CC(O)C1CCN(c2ccc(C(F)(F)F)cc2N)CC1. The zero-order valence-corrected chi connectivity index (χ0v) is 11.3. The van der Waals surface area contributed by atoms with Crippen molar-refractivity contribution >= 4 is 11.4 Å². The molecule has 2 rings (SSSR count). The van der Waals surface area contributed by atoms with Crippen LogP contribution in [0.2, 0.25) is 0 Å². The summed E-state index contributed by atoms with van der Waals surface area (Å²) in [5.74, 6) is 0.252. The van der Waals surface area contributed by atoms with Gasteiger partial charge in [-0.2, -0.15) is 13.2 Å². The van der Waals surface area contributed by atoms with E-state index in [2.05, 4.69) is 0 Å². The molecule has 1 saturated heterocycles. The number of benzene rings is 1. The molecule has 0 radical (unpaired) electrons. The number of aliphatic hydroxyl groups is 1. The van der Waals surface area contributed by atoms with Crippen molar-refractivity contribution in [1.29, 1.82) is 0 Å². The highest BCUT2D eigenvalue weighted by atomic mass is 19.4. The van der Waals surface area contributed by atoms with Crippen molar-refractivity contribution < 1.29 is 18.3 Å². The van der Waals surface area contributed by atoms with Gasteiger partial charge in [-0.3, -0.25) is 0 Å². The summed E-state index contributed by atoms with van der Waals surface area (Å²) in [6.07, 6.45) is -3.08. The highest BCUT2D eigenvalue weighted by Gasteiger charge is 2.31. The van der Waals surface area contributed by atoms with Crippen LogP contribution in [0.5, 0.6) is 0 Å². The molecule has 0 aliphatic carbocycles. The minimum Gasteiger partial charge on any atom is -0.397 e. The molecule has 1 aromatic carbocycles. The highest BCUT2D eigenvalue weighted by Crippen LogP contribution is 2.35. The van der Waals surface area contributed by atoms with E-state index in [0.717, 1.165) is 25.0 Å². The predicted octanol–water partition coefficient (Wildman–Crippen LogP) is 2.88. The molecule has 20 heavy (non-hydrogen) atoms. The minimum absolute atomic E-state index is 0.148. The lowest BCUT2D eigenvalue weighted by Gasteiger charge is -2.35. The van der Waals surface area contributed by atoms with E-state index in [9.17, 15) is 18.3 Å². The number of hydrogen-bond acceptors (Lipinski definition) is 3. The van der Waals surface area contributed by atoms with E-state index in [1.807, 2.05) is 4.90 Å². The van der Waals surface area contributed by atoms with E-state index in [1.54, 1.807) is 6.92 Å². The van der Waals surface area contributed by atoms with Crippen LogP contribution >= 0.6 is 0 Å². The molecule has 0 aromatic heterocycles. The number of piperidine rings is 1. The fraction of sp³-hybridized carbons (Fsp3) is 0.571. The van der Waals surface area contributed by atoms with E-state index in [0.29, 0.717) is 18.8 Å². The van der Waals surface area contributed by atoms with Crippen molar-refractivity contribution in [3.8, 4) is 0 Å². The molecule has 6 heteroatoms. The Morgan fingerprint density at radius 1 is 1.30 bits per heavy atom. The number of nitrogens with zero attached hydrogens (tertiary/aromatic N) is 1. The topological polar surface area (TPSA) is 49.5 Å². The first-order valence-corrected chi connectivity index (χ1v) is 6.69. The molecule has 1 atom stereocenters. The van der Waals surface area contributed by atoms with E-state index in [1.165, 1.54) is 6.07 Å². The maximum absolute atomic E-state index is 12.6. The van der Waals surface area contributed by atoms with E-state index < -0.39 is 11.7 Å². The van der Waals surface area contributed by atoms with Crippen LogP contribution in [0, 0.1) is 5.92 Å². The van der Waals surface area contributed by atoms with Gasteiger partial charge in [0.15, 0.2) is 0 Å². The molecule has 0 bridgehead atoms. The number of aliphatic hydroxyl groups excluding tert-OH is 1. The third-order valence-electron chi connectivity index (χ3n) is 3.92. The summed E-state index contributed by atoms with van der Waals surface area (Å²) in [5.41, 5.74) is 5.82. The smallest absolute Gasteiger partial charge is 0.397 e. The van der Waals surface area contributed by atoms with Crippen LogP contribution in [-0.4, -0.2) is 24.3 Å². The van der Waals surface area contributed by atoms with Crippen LogP contribution in [0.25, 0.3) is 0 Å². The molecule has 0 saturated carbocycles. The third-order valence-corrected chi connectivity index (χ3v) is 3.92. The molecule has 3 nitrogen and oxygen atoms in total. The van der Waals surface area contributed by atoms with Gasteiger partial charge in [0.25, 0.3) is 0 Å². The number of rotatable bonds is 2. The zero-order chi connectivity index (χ0) is 14.9. The molecular weight excluding hydrogens is 269 g/mol. The van der Waals surface area contributed by atoms with Crippen molar-refractivity contribution in [2.45, 2.75) is 32.0 Å². The molecule has 3 N–H and O–H groups in total. The van der Waals surface area contributed by atoms with E-state index >= 15 is 0 Å². The van der Waals surface area contributed by atoms with Crippen LogP contribution in [0.15, 0.2) is 18.2 Å². The van der Waals surface area contributed by atoms with Crippen LogP contribution in [0.1, 0.15) is 25.3 Å². The fourth-order valence-electron chi connectivity index (χ4n) is 2.64. The first-order chi connectivity index (χ1) is 9.29. The average Bonchev–Trinajstić information content (AvgIpc) is 2.37. The highest BCUT2D eigenvalue weighted by molar-refractivity contribution is 5.68. The minimum atomic E-state index is -4.37. The van der Waals surface area contributed by atoms with Crippen LogP contribution in [0.4, 0.5) is 24.5 Å². The number of alkyl halides is 3. The molecule has 1 fully saturated rings. The van der Waals surface area contributed by atoms with Gasteiger partial charge >= 0.3 is 6.18 Å². The number of halogens is 3. The maximum Gasteiger partial charge on any atom is 0.416 e. The second-order valence-electron chi connectivity index (χ2n) is 5.34. The summed E-state index contributed by atoms with van der Waals surface area (Å²) in [6.45, 7) is 3.17. The van der Waals surface area contributed by atoms with Gasteiger partial charge in [-0.1, -0.05) is 0 Å². The van der Waals surface area contributed by atoms with Crippen molar-refractivity contribution in [3.63, 3.8) is 0 Å². The summed E-state index contributed by atoms with van der Waals surface area (Å²) >= 11 is 0. The van der Waals surface area contributed by atoms with Crippen LogP contribution in [-0.2, 0) is 6.18 Å². The molecule has 1 heterocycles. The lowest BCUT2D eigenvalue weighted by molar-refractivity contribution is -0.137. The molecule has 0 spiro atoms. The van der Waals surface area contributed by atoms with Crippen LogP contribution < -0.4 is 10.6 Å². The normalized spacial score (nSPS) is 19.1. The van der Waals surface area contributed by atoms with Crippen molar-refractivity contribution in [2.75, 3.05) is 23.7 Å². The Balaban J connectivity index is 2.11. The second kappa shape index (κ2) is 5.52. The Labute approximate surface area is 116 Å². The number of anilines is 2. The Hall–Kier alpha value is -1.43. The van der Waals surface area contributed by atoms with Gasteiger partial charge in [0, 0.05) is 13.1 Å². The van der Waals surface area contributed by atoms with Gasteiger partial charge < -0.3 is 15.7 Å². The average molecular weight is 288 g/mol. The fourth-order valence-corrected chi connectivity index (χ4v) is 2.64. The molecule has 1 aliphatic rings. The molecule has 1 aliphatic heterocycles. The summed E-state index contributed by atoms with van der Waals surface area (Å²) in [5, 5.41) is 9.55. The summed E-state index contributed by atoms with van der Waals surface area (Å²) in [7, 11) is 0. The second-order valence-corrected chi connectivity index (χ2v) is 5.34. The summed E-state index contributed by atoms with van der Waals surface area (Å²) < 4.78 is 37.8. The molecule has 112 valence electrons. The van der Waals surface area contributed by atoms with Gasteiger partial charge in [-0.05, 0) is 43.9 Å². The zero-order valence-electron chi connectivity index (χ0n) is 11.3. The summed E-state index contributed by atoms with van der Waals surface area (Å²) in [6, 6.07) is 3.48.